The molecule has 2 aromatic rings. The van der Waals surface area contributed by atoms with Gasteiger partial charge in [-0.1, -0.05) is 23.9 Å². The van der Waals surface area contributed by atoms with Crippen molar-refractivity contribution in [1.82, 2.24) is 0 Å². The van der Waals surface area contributed by atoms with Crippen molar-refractivity contribution in [2.45, 2.75) is 20.4 Å². The molecule has 0 unspecified atom stereocenters. The number of halogens is 2. The number of alkyl halides is 2. The van der Waals surface area contributed by atoms with Crippen molar-refractivity contribution in [3.05, 3.63) is 48.5 Å². The molecule has 0 amide bonds. The normalized spacial score (nSPS) is 11.8. The molecule has 0 saturated heterocycles. The highest BCUT2D eigenvalue weighted by Gasteiger charge is 2.26. The van der Waals surface area contributed by atoms with Crippen LogP contribution in [-0.4, -0.2) is 19.3 Å². The quantitative estimate of drug-likeness (QED) is 0.937. The van der Waals surface area contributed by atoms with E-state index in [-0.39, 0.29) is 5.75 Å². The number of aromatic hydroxyl groups is 1. The zero-order valence-corrected chi connectivity index (χ0v) is 11.7. The Kier molecular flexibility index (Phi) is 4.29. The minimum absolute atomic E-state index is 0.0989. The molecule has 0 spiro atoms. The maximum atomic E-state index is 12.4. The summed E-state index contributed by atoms with van der Waals surface area (Å²) >= 11 is 1.21. The van der Waals surface area contributed by atoms with Crippen LogP contribution in [0.4, 0.5) is 8.78 Å². The minimum Gasteiger partial charge on any atom is -0.507 e. The highest BCUT2D eigenvalue weighted by atomic mass is 32.2. The SMILES string of the molecule is O=S(=O)(c1ccc(Sc2ccccc2O)cc1)C(F)F. The first-order valence-electron chi connectivity index (χ1n) is 5.49. The van der Waals surface area contributed by atoms with Gasteiger partial charge >= 0.3 is 5.76 Å². The molecular weight excluding hydrogens is 306 g/mol. The Morgan fingerprint density at radius 2 is 1.60 bits per heavy atom. The molecule has 7 heteroatoms. The Morgan fingerprint density at radius 3 is 2.15 bits per heavy atom. The van der Waals surface area contributed by atoms with Gasteiger partial charge in [0.25, 0.3) is 0 Å². The number of benzene rings is 2. The molecule has 0 fully saturated rings. The van der Waals surface area contributed by atoms with Gasteiger partial charge in [0.05, 0.1) is 9.79 Å². The molecule has 0 aliphatic carbocycles. The third kappa shape index (κ3) is 3.10. The topological polar surface area (TPSA) is 54.4 Å². The second-order valence-electron chi connectivity index (χ2n) is 3.85. The maximum absolute atomic E-state index is 12.4. The molecular formula is C13H10F2O3S2. The highest BCUT2D eigenvalue weighted by molar-refractivity contribution is 7.99. The lowest BCUT2D eigenvalue weighted by Crippen LogP contribution is -2.10. The summed E-state index contributed by atoms with van der Waals surface area (Å²) in [5, 5.41) is 9.61. The Hall–Kier alpha value is -1.60. The number of hydrogen-bond acceptors (Lipinski definition) is 4. The van der Waals surface area contributed by atoms with Gasteiger partial charge in [-0.15, -0.1) is 0 Å². The number of hydrogen-bond donors (Lipinski definition) is 1. The van der Waals surface area contributed by atoms with Gasteiger partial charge in [-0.2, -0.15) is 8.78 Å². The third-order valence-electron chi connectivity index (χ3n) is 2.48. The van der Waals surface area contributed by atoms with Gasteiger partial charge in [0.15, 0.2) is 0 Å². The summed E-state index contributed by atoms with van der Waals surface area (Å²) in [5.41, 5.74) is 0. The predicted molar refractivity (Wildman–Crippen MR) is 71.9 cm³/mol. The second kappa shape index (κ2) is 5.80. The van der Waals surface area contributed by atoms with Crippen molar-refractivity contribution in [1.29, 1.82) is 0 Å². The molecule has 0 aromatic heterocycles. The Bertz CT molecular complexity index is 698. The molecule has 0 aliphatic rings. The Labute approximate surface area is 119 Å². The van der Waals surface area contributed by atoms with E-state index in [4.69, 9.17) is 0 Å². The van der Waals surface area contributed by atoms with E-state index in [1.165, 1.54) is 30.0 Å². The van der Waals surface area contributed by atoms with Crippen LogP contribution < -0.4 is 0 Å². The maximum Gasteiger partial charge on any atom is 0.341 e. The zero-order valence-electron chi connectivity index (χ0n) is 10.0. The average molecular weight is 316 g/mol. The molecule has 0 aliphatic heterocycles. The molecule has 20 heavy (non-hydrogen) atoms. The minimum atomic E-state index is -4.57. The van der Waals surface area contributed by atoms with Gasteiger partial charge in [0, 0.05) is 4.90 Å². The van der Waals surface area contributed by atoms with Crippen molar-refractivity contribution < 1.29 is 22.3 Å². The van der Waals surface area contributed by atoms with Crippen molar-refractivity contribution in [3.63, 3.8) is 0 Å². The van der Waals surface area contributed by atoms with Crippen LogP contribution in [0, 0.1) is 0 Å². The molecule has 0 heterocycles. The van der Waals surface area contributed by atoms with Crippen LogP contribution in [0.1, 0.15) is 0 Å². The number of phenolic OH excluding ortho intramolecular Hbond substituents is 1. The first-order chi connectivity index (χ1) is 9.41. The summed E-state index contributed by atoms with van der Waals surface area (Å²) in [4.78, 5) is 0.811. The fourth-order valence-electron chi connectivity index (χ4n) is 1.47. The molecule has 3 nitrogen and oxygen atoms in total. The standard InChI is InChI=1S/C13H10F2O3S2/c14-13(15)20(17,18)10-7-5-9(6-8-10)19-12-4-2-1-3-11(12)16/h1-8,13,16H. The fraction of sp³-hybridized carbons (Fsp3) is 0.0769. The largest absolute Gasteiger partial charge is 0.507 e. The van der Waals surface area contributed by atoms with E-state index in [2.05, 4.69) is 0 Å². The van der Waals surface area contributed by atoms with E-state index >= 15 is 0 Å². The van der Waals surface area contributed by atoms with E-state index in [1.807, 2.05) is 0 Å². The van der Waals surface area contributed by atoms with Crippen LogP contribution in [0.2, 0.25) is 0 Å². The van der Waals surface area contributed by atoms with Crippen LogP contribution >= 0.6 is 11.8 Å². The molecule has 0 radical (unpaired) electrons. The van der Waals surface area contributed by atoms with Crippen molar-refractivity contribution in [2.75, 3.05) is 0 Å². The number of phenols is 1. The average Bonchev–Trinajstić information content (AvgIpc) is 2.42. The lowest BCUT2D eigenvalue weighted by Gasteiger charge is -2.06. The molecule has 2 aromatic carbocycles. The first kappa shape index (κ1) is 14.8. The Morgan fingerprint density at radius 1 is 1.00 bits per heavy atom. The molecule has 0 bridgehead atoms. The first-order valence-corrected chi connectivity index (χ1v) is 7.85. The highest BCUT2D eigenvalue weighted by Crippen LogP contribution is 2.34. The molecule has 0 atom stereocenters. The second-order valence-corrected chi connectivity index (χ2v) is 6.88. The molecule has 0 saturated carbocycles. The van der Waals surface area contributed by atoms with Crippen LogP contribution in [0.5, 0.6) is 5.75 Å². The van der Waals surface area contributed by atoms with Crippen LogP contribution in [0.15, 0.2) is 63.2 Å². The number of sulfone groups is 1. The summed E-state index contributed by atoms with van der Waals surface area (Å²) < 4.78 is 47.3. The van der Waals surface area contributed by atoms with Gasteiger partial charge in [0.1, 0.15) is 5.75 Å². The number of rotatable bonds is 4. The van der Waals surface area contributed by atoms with Crippen molar-refractivity contribution in [2.24, 2.45) is 0 Å². The van der Waals surface area contributed by atoms with Crippen molar-refractivity contribution in [3.8, 4) is 5.75 Å². The van der Waals surface area contributed by atoms with Crippen LogP contribution in [0.25, 0.3) is 0 Å². The summed E-state index contributed by atoms with van der Waals surface area (Å²) in [7, 11) is -4.57. The molecule has 2 rings (SSSR count). The summed E-state index contributed by atoms with van der Waals surface area (Å²) in [6.45, 7) is 0. The lowest BCUT2D eigenvalue weighted by molar-refractivity contribution is 0.234. The summed E-state index contributed by atoms with van der Waals surface area (Å²) in [6, 6.07) is 11.8. The monoisotopic (exact) mass is 316 g/mol. The van der Waals surface area contributed by atoms with Gasteiger partial charge in [-0.25, -0.2) is 8.42 Å². The zero-order chi connectivity index (χ0) is 14.8. The molecule has 106 valence electrons. The third-order valence-corrected chi connectivity index (χ3v) is 4.95. The predicted octanol–water partition coefficient (Wildman–Crippen LogP) is 3.54. The van der Waals surface area contributed by atoms with E-state index in [9.17, 15) is 22.3 Å². The lowest BCUT2D eigenvalue weighted by atomic mass is 10.3. The van der Waals surface area contributed by atoms with Gasteiger partial charge in [-0.05, 0) is 36.4 Å². The van der Waals surface area contributed by atoms with Gasteiger partial charge in [0.2, 0.25) is 9.84 Å². The van der Waals surface area contributed by atoms with E-state index in [0.29, 0.717) is 9.79 Å². The van der Waals surface area contributed by atoms with E-state index in [0.717, 1.165) is 12.1 Å². The fourth-order valence-corrected chi connectivity index (χ4v) is 3.04. The van der Waals surface area contributed by atoms with Gasteiger partial charge in [-0.3, -0.25) is 0 Å². The Balaban J connectivity index is 2.24. The smallest absolute Gasteiger partial charge is 0.341 e. The molecule has 1 N–H and O–H groups in total. The number of para-hydroxylation sites is 1. The van der Waals surface area contributed by atoms with E-state index < -0.39 is 20.5 Å². The van der Waals surface area contributed by atoms with E-state index in [1.54, 1.807) is 18.2 Å². The summed E-state index contributed by atoms with van der Waals surface area (Å²) in [5.74, 6) is -3.33. The summed E-state index contributed by atoms with van der Waals surface area (Å²) in [6.07, 6.45) is 0. The van der Waals surface area contributed by atoms with Gasteiger partial charge < -0.3 is 5.11 Å². The van der Waals surface area contributed by atoms with Crippen LogP contribution in [-0.2, 0) is 9.84 Å². The van der Waals surface area contributed by atoms with Crippen LogP contribution in [0.3, 0.4) is 0 Å². The van der Waals surface area contributed by atoms with Crippen molar-refractivity contribution >= 4 is 21.6 Å².